The summed E-state index contributed by atoms with van der Waals surface area (Å²) in [6.07, 6.45) is 7.67. The predicted octanol–water partition coefficient (Wildman–Crippen LogP) is 3.52. The van der Waals surface area contributed by atoms with Crippen molar-refractivity contribution in [1.29, 1.82) is 0 Å². The molecule has 3 rings (SSSR count). The van der Waals surface area contributed by atoms with Gasteiger partial charge in [-0.1, -0.05) is 12.8 Å². The molecule has 1 aromatic carbocycles. The fourth-order valence-corrected chi connectivity index (χ4v) is 3.29. The van der Waals surface area contributed by atoms with Crippen LogP contribution in [0.3, 0.4) is 0 Å². The van der Waals surface area contributed by atoms with E-state index in [1.54, 1.807) is 51.9 Å². The number of aromatic nitrogens is 1. The molecule has 0 unspecified atom stereocenters. The summed E-state index contributed by atoms with van der Waals surface area (Å²) in [7, 11) is 4.69. The summed E-state index contributed by atoms with van der Waals surface area (Å²) in [5, 5.41) is 6.31. The van der Waals surface area contributed by atoms with Crippen LogP contribution in [0, 0.1) is 0 Å². The zero-order valence-corrected chi connectivity index (χ0v) is 15.9. The third kappa shape index (κ3) is 4.42. The Balaban J connectivity index is 1.78. The lowest BCUT2D eigenvalue weighted by Crippen LogP contribution is -2.32. The lowest BCUT2D eigenvalue weighted by molar-refractivity contribution is 0.0937. The summed E-state index contributed by atoms with van der Waals surface area (Å²) in [5.74, 6) is 1.51. The van der Waals surface area contributed by atoms with Crippen LogP contribution in [0.2, 0.25) is 0 Å². The Bertz CT molecular complexity index is 779. The lowest BCUT2D eigenvalue weighted by Gasteiger charge is -2.15. The molecular formula is C20H25N3O4. The van der Waals surface area contributed by atoms with Gasteiger partial charge in [0.2, 0.25) is 5.75 Å². The van der Waals surface area contributed by atoms with Gasteiger partial charge >= 0.3 is 0 Å². The van der Waals surface area contributed by atoms with Crippen LogP contribution < -0.4 is 24.8 Å². The van der Waals surface area contributed by atoms with Gasteiger partial charge in [-0.05, 0) is 18.9 Å². The highest BCUT2D eigenvalue weighted by molar-refractivity contribution is 5.95. The van der Waals surface area contributed by atoms with Crippen molar-refractivity contribution in [3.05, 3.63) is 36.2 Å². The van der Waals surface area contributed by atoms with Gasteiger partial charge in [-0.25, -0.2) is 0 Å². The number of carbonyl (C=O) groups excluding carboxylic acids is 1. The number of ether oxygens (including phenoxy) is 3. The van der Waals surface area contributed by atoms with Crippen molar-refractivity contribution in [2.24, 2.45) is 0 Å². The largest absolute Gasteiger partial charge is 0.493 e. The van der Waals surface area contributed by atoms with Crippen LogP contribution in [-0.2, 0) is 0 Å². The summed E-state index contributed by atoms with van der Waals surface area (Å²) in [5.41, 5.74) is 1.96. The summed E-state index contributed by atoms with van der Waals surface area (Å²) in [4.78, 5) is 16.6. The van der Waals surface area contributed by atoms with E-state index in [-0.39, 0.29) is 11.9 Å². The smallest absolute Gasteiger partial charge is 0.253 e. The molecule has 1 aliphatic rings. The van der Waals surface area contributed by atoms with E-state index in [1.807, 2.05) is 0 Å². The standard InChI is InChI=1S/C20H25N3O4/c1-25-17-9-15(10-18(26-2)19(17)27-3)22-16-8-13(11-21-12-16)20(24)23-14-6-4-5-7-14/h8-12,14,22H,4-7H2,1-3H3,(H,23,24). The van der Waals surface area contributed by atoms with Crippen molar-refractivity contribution >= 4 is 17.3 Å². The van der Waals surface area contributed by atoms with Crippen LogP contribution in [0.1, 0.15) is 36.0 Å². The molecular weight excluding hydrogens is 346 g/mol. The summed E-state index contributed by atoms with van der Waals surface area (Å²) >= 11 is 0. The molecule has 0 saturated heterocycles. The van der Waals surface area contributed by atoms with E-state index >= 15 is 0 Å². The second-order valence-corrected chi connectivity index (χ2v) is 6.46. The molecule has 0 bridgehead atoms. The number of methoxy groups -OCH3 is 3. The number of amides is 1. The van der Waals surface area contributed by atoms with E-state index in [1.165, 1.54) is 12.8 Å². The van der Waals surface area contributed by atoms with Crippen molar-refractivity contribution in [1.82, 2.24) is 10.3 Å². The minimum Gasteiger partial charge on any atom is -0.493 e. The number of carbonyl (C=O) groups is 1. The molecule has 0 atom stereocenters. The second kappa shape index (κ2) is 8.62. The van der Waals surface area contributed by atoms with E-state index in [4.69, 9.17) is 14.2 Å². The maximum absolute atomic E-state index is 12.5. The highest BCUT2D eigenvalue weighted by atomic mass is 16.5. The van der Waals surface area contributed by atoms with Gasteiger partial charge in [-0.15, -0.1) is 0 Å². The van der Waals surface area contributed by atoms with Gasteiger partial charge in [0.25, 0.3) is 5.91 Å². The zero-order valence-electron chi connectivity index (χ0n) is 15.9. The molecule has 0 spiro atoms. The van der Waals surface area contributed by atoms with E-state index < -0.39 is 0 Å². The average Bonchev–Trinajstić information content (AvgIpc) is 3.20. The predicted molar refractivity (Wildman–Crippen MR) is 103 cm³/mol. The Hall–Kier alpha value is -2.96. The van der Waals surface area contributed by atoms with Crippen LogP contribution in [-0.4, -0.2) is 38.3 Å². The van der Waals surface area contributed by atoms with Gasteiger partial charge in [0.1, 0.15) is 0 Å². The number of hydrogen-bond acceptors (Lipinski definition) is 6. The molecule has 1 saturated carbocycles. The SMILES string of the molecule is COc1cc(Nc2cncc(C(=O)NC3CCCC3)c2)cc(OC)c1OC. The van der Waals surface area contributed by atoms with Gasteiger partial charge in [0.15, 0.2) is 11.5 Å². The van der Waals surface area contributed by atoms with Gasteiger partial charge in [0, 0.05) is 30.1 Å². The first-order valence-electron chi connectivity index (χ1n) is 8.97. The first kappa shape index (κ1) is 18.8. The highest BCUT2D eigenvalue weighted by Crippen LogP contribution is 2.40. The van der Waals surface area contributed by atoms with E-state index in [0.717, 1.165) is 18.5 Å². The fraction of sp³-hybridized carbons (Fsp3) is 0.400. The summed E-state index contributed by atoms with van der Waals surface area (Å²) in [6, 6.07) is 5.64. The third-order valence-corrected chi connectivity index (χ3v) is 4.64. The molecule has 27 heavy (non-hydrogen) atoms. The molecule has 0 radical (unpaired) electrons. The topological polar surface area (TPSA) is 81.7 Å². The highest BCUT2D eigenvalue weighted by Gasteiger charge is 2.18. The monoisotopic (exact) mass is 371 g/mol. The van der Waals surface area contributed by atoms with E-state index in [0.29, 0.717) is 28.5 Å². The van der Waals surface area contributed by atoms with Crippen molar-refractivity contribution in [3.8, 4) is 17.2 Å². The van der Waals surface area contributed by atoms with Crippen molar-refractivity contribution in [3.63, 3.8) is 0 Å². The Kier molecular flexibility index (Phi) is 6.01. The average molecular weight is 371 g/mol. The molecule has 1 amide bonds. The normalized spacial score (nSPS) is 13.9. The van der Waals surface area contributed by atoms with Gasteiger partial charge in [-0.2, -0.15) is 0 Å². The quantitative estimate of drug-likeness (QED) is 0.775. The van der Waals surface area contributed by atoms with Gasteiger partial charge in [0.05, 0.1) is 38.8 Å². The first-order chi connectivity index (χ1) is 13.1. The minimum atomic E-state index is -0.0945. The Labute approximate surface area is 159 Å². The molecule has 1 fully saturated rings. The summed E-state index contributed by atoms with van der Waals surface area (Å²) in [6.45, 7) is 0. The lowest BCUT2D eigenvalue weighted by atomic mass is 10.2. The summed E-state index contributed by atoms with van der Waals surface area (Å²) < 4.78 is 16.1. The fourth-order valence-electron chi connectivity index (χ4n) is 3.29. The number of nitrogens with zero attached hydrogens (tertiary/aromatic N) is 1. The molecule has 1 aromatic heterocycles. The number of benzene rings is 1. The minimum absolute atomic E-state index is 0.0945. The molecule has 0 aliphatic heterocycles. The number of pyridine rings is 1. The van der Waals surface area contributed by atoms with Crippen LogP contribution >= 0.6 is 0 Å². The van der Waals surface area contributed by atoms with Crippen molar-refractivity contribution in [2.45, 2.75) is 31.7 Å². The van der Waals surface area contributed by atoms with Gasteiger partial charge in [-0.3, -0.25) is 9.78 Å². The van der Waals surface area contributed by atoms with Gasteiger partial charge < -0.3 is 24.8 Å². The van der Waals surface area contributed by atoms with Crippen LogP contribution in [0.4, 0.5) is 11.4 Å². The zero-order chi connectivity index (χ0) is 19.2. The molecule has 7 heteroatoms. The molecule has 1 aliphatic carbocycles. The number of nitrogens with one attached hydrogen (secondary N) is 2. The van der Waals surface area contributed by atoms with Crippen LogP contribution in [0.15, 0.2) is 30.6 Å². The third-order valence-electron chi connectivity index (χ3n) is 4.64. The Morgan fingerprint density at radius 2 is 1.63 bits per heavy atom. The van der Waals surface area contributed by atoms with E-state index in [9.17, 15) is 4.79 Å². The number of hydrogen-bond donors (Lipinski definition) is 2. The molecule has 1 heterocycles. The van der Waals surface area contributed by atoms with Crippen molar-refractivity contribution < 1.29 is 19.0 Å². The van der Waals surface area contributed by atoms with E-state index in [2.05, 4.69) is 15.6 Å². The molecule has 7 nitrogen and oxygen atoms in total. The number of rotatable bonds is 7. The first-order valence-corrected chi connectivity index (χ1v) is 8.97. The molecule has 2 N–H and O–H groups in total. The molecule has 144 valence electrons. The maximum Gasteiger partial charge on any atom is 0.253 e. The Morgan fingerprint density at radius 1 is 0.963 bits per heavy atom. The molecule has 2 aromatic rings. The van der Waals surface area contributed by atoms with Crippen molar-refractivity contribution in [2.75, 3.05) is 26.6 Å². The second-order valence-electron chi connectivity index (χ2n) is 6.46. The Morgan fingerprint density at radius 3 is 2.22 bits per heavy atom. The maximum atomic E-state index is 12.5. The van der Waals surface area contributed by atoms with Crippen LogP contribution in [0.25, 0.3) is 0 Å². The van der Waals surface area contributed by atoms with Crippen LogP contribution in [0.5, 0.6) is 17.2 Å². The number of anilines is 2.